The van der Waals surface area contributed by atoms with Crippen molar-refractivity contribution in [1.82, 2.24) is 0 Å². The molecule has 0 radical (unpaired) electrons. The van der Waals surface area contributed by atoms with Crippen molar-refractivity contribution in [2.24, 2.45) is 5.14 Å². The van der Waals surface area contributed by atoms with Crippen molar-refractivity contribution in [2.75, 3.05) is 0 Å². The van der Waals surface area contributed by atoms with E-state index in [2.05, 4.69) is 5.14 Å². The van der Waals surface area contributed by atoms with Crippen LogP contribution in [0.3, 0.4) is 0 Å². The van der Waals surface area contributed by atoms with Crippen LogP contribution in [-0.4, -0.2) is 17.2 Å². The summed E-state index contributed by atoms with van der Waals surface area (Å²) in [5, 5.41) is 4.33. The first kappa shape index (κ1) is 14.0. The molecule has 1 rings (SSSR count). The minimum absolute atomic E-state index is 1.94. The molecule has 17 heavy (non-hydrogen) atoms. The van der Waals surface area contributed by atoms with Gasteiger partial charge in [0.25, 0.3) is 0 Å². The predicted molar refractivity (Wildman–Crippen MR) is 44.8 cm³/mol. The van der Waals surface area contributed by atoms with Gasteiger partial charge in [0.1, 0.15) is 4.90 Å². The Hall–Kier alpha value is -1.04. The lowest BCUT2D eigenvalue weighted by atomic mass is 10.3. The first-order chi connectivity index (χ1) is 7.59. The molecule has 1 unspecified atom stereocenters. The highest BCUT2D eigenvalue weighted by Gasteiger charge is 2.31. The number of benzene rings is 1. The van der Waals surface area contributed by atoms with Crippen molar-refractivity contribution in [3.63, 3.8) is 0 Å². The second-order valence-electron chi connectivity index (χ2n) is 2.69. The summed E-state index contributed by atoms with van der Waals surface area (Å²) in [4.78, 5) is -4.01. The Morgan fingerprint density at radius 2 is 1.35 bits per heavy atom. The Kier molecular flexibility index (Phi) is 3.57. The van der Waals surface area contributed by atoms with Gasteiger partial charge in [0, 0.05) is 0 Å². The molecular formula is C6H2F4NO4S2-. The van der Waals surface area contributed by atoms with Gasteiger partial charge in [0.15, 0.2) is 28.2 Å². The summed E-state index contributed by atoms with van der Waals surface area (Å²) in [5.74, 6) is -9.52. The van der Waals surface area contributed by atoms with E-state index in [1.807, 2.05) is 0 Å². The first-order valence-electron chi connectivity index (χ1n) is 3.57. The van der Waals surface area contributed by atoms with Crippen LogP contribution in [0, 0.1) is 23.3 Å². The lowest BCUT2D eigenvalue weighted by molar-refractivity contribution is 0.387. The van der Waals surface area contributed by atoms with Gasteiger partial charge in [0.2, 0.25) is 10.0 Å². The maximum absolute atomic E-state index is 13.0. The summed E-state index contributed by atoms with van der Waals surface area (Å²) in [6, 6.07) is 0. The molecule has 2 N–H and O–H groups in total. The largest absolute Gasteiger partial charge is 0.768 e. The number of nitrogens with two attached hydrogens (primary N) is 1. The predicted octanol–water partition coefficient (Wildman–Crippen LogP) is 0.128. The molecule has 0 aliphatic rings. The van der Waals surface area contributed by atoms with Crippen molar-refractivity contribution in [3.05, 3.63) is 23.3 Å². The third-order valence-electron chi connectivity index (χ3n) is 1.63. The van der Waals surface area contributed by atoms with Crippen LogP contribution in [-0.2, 0) is 21.1 Å². The molecule has 0 heterocycles. The van der Waals surface area contributed by atoms with E-state index in [4.69, 9.17) is 0 Å². The summed E-state index contributed by atoms with van der Waals surface area (Å²) < 4.78 is 94.0. The maximum Gasteiger partial charge on any atom is 0.244 e. The van der Waals surface area contributed by atoms with E-state index in [0.29, 0.717) is 0 Å². The summed E-state index contributed by atoms with van der Waals surface area (Å²) in [5.41, 5.74) is 0. The van der Waals surface area contributed by atoms with Gasteiger partial charge in [0.05, 0.1) is 0 Å². The summed E-state index contributed by atoms with van der Waals surface area (Å²) in [6.45, 7) is 0. The van der Waals surface area contributed by atoms with Crippen molar-refractivity contribution >= 4 is 21.1 Å². The number of sulfonamides is 1. The molecular weight excluding hydrogens is 290 g/mol. The molecule has 0 aliphatic heterocycles. The highest BCUT2D eigenvalue weighted by atomic mass is 32.2. The quantitative estimate of drug-likeness (QED) is 0.475. The normalized spacial score (nSPS) is 13.8. The summed E-state index contributed by atoms with van der Waals surface area (Å²) >= 11 is -3.62. The fraction of sp³-hybridized carbons (Fsp3) is 0. The monoisotopic (exact) mass is 292 g/mol. The molecule has 96 valence electrons. The zero-order valence-corrected chi connectivity index (χ0v) is 9.17. The maximum atomic E-state index is 13.0. The van der Waals surface area contributed by atoms with Crippen LogP contribution in [0.1, 0.15) is 0 Å². The number of rotatable bonds is 2. The molecule has 1 aromatic carbocycles. The first-order valence-corrected chi connectivity index (χ1v) is 6.19. The van der Waals surface area contributed by atoms with Crippen molar-refractivity contribution < 1.29 is 34.7 Å². The average molecular weight is 292 g/mol. The smallest absolute Gasteiger partial charge is 0.244 e. The molecule has 0 aromatic heterocycles. The van der Waals surface area contributed by atoms with E-state index in [0.717, 1.165) is 0 Å². The van der Waals surface area contributed by atoms with Crippen LogP contribution in [0.4, 0.5) is 17.6 Å². The van der Waals surface area contributed by atoms with E-state index in [1.54, 1.807) is 0 Å². The molecule has 0 amide bonds. The third-order valence-corrected chi connectivity index (χ3v) is 3.25. The van der Waals surface area contributed by atoms with Crippen LogP contribution in [0.2, 0.25) is 0 Å². The van der Waals surface area contributed by atoms with Gasteiger partial charge in [-0.2, -0.15) is 0 Å². The lowest BCUT2D eigenvalue weighted by Crippen LogP contribution is -2.20. The third kappa shape index (κ3) is 2.31. The zero-order valence-electron chi connectivity index (χ0n) is 7.54. The molecule has 0 aliphatic carbocycles. The molecule has 0 saturated heterocycles. The lowest BCUT2D eigenvalue weighted by Gasteiger charge is -2.11. The van der Waals surface area contributed by atoms with Gasteiger partial charge in [-0.3, -0.25) is 4.21 Å². The molecule has 0 spiro atoms. The molecule has 1 aromatic rings. The topological polar surface area (TPSA) is 100 Å². The van der Waals surface area contributed by atoms with Gasteiger partial charge in [-0.05, 0) is 11.1 Å². The van der Waals surface area contributed by atoms with E-state index < -0.39 is 54.2 Å². The van der Waals surface area contributed by atoms with Gasteiger partial charge >= 0.3 is 0 Å². The van der Waals surface area contributed by atoms with Crippen LogP contribution in [0.25, 0.3) is 0 Å². The fourth-order valence-electron chi connectivity index (χ4n) is 0.988. The highest BCUT2D eigenvalue weighted by molar-refractivity contribution is 7.89. The van der Waals surface area contributed by atoms with Crippen molar-refractivity contribution in [2.45, 2.75) is 9.79 Å². The van der Waals surface area contributed by atoms with Gasteiger partial charge in [-0.15, -0.1) is 0 Å². The number of hydrogen-bond donors (Lipinski definition) is 1. The van der Waals surface area contributed by atoms with Gasteiger partial charge in [-0.25, -0.2) is 31.1 Å². The fourth-order valence-corrected chi connectivity index (χ4v) is 2.14. The SMILES string of the molecule is NS(=O)(=O)c1c(F)c(F)c(S(=O)[O-])c(F)c1F. The number of halogens is 4. The second kappa shape index (κ2) is 4.33. The minimum Gasteiger partial charge on any atom is -0.768 e. The van der Waals surface area contributed by atoms with Crippen molar-refractivity contribution in [3.8, 4) is 0 Å². The molecule has 0 fully saturated rings. The average Bonchev–Trinajstić information content (AvgIpc) is 2.12. The van der Waals surface area contributed by atoms with Crippen LogP contribution in [0.5, 0.6) is 0 Å². The Balaban J connectivity index is 3.91. The number of primary sulfonamides is 1. The van der Waals surface area contributed by atoms with Crippen molar-refractivity contribution in [1.29, 1.82) is 0 Å². The van der Waals surface area contributed by atoms with Crippen LogP contribution >= 0.6 is 0 Å². The molecule has 0 saturated carbocycles. The second-order valence-corrected chi connectivity index (χ2v) is 5.07. The summed E-state index contributed by atoms with van der Waals surface area (Å²) in [7, 11) is -5.08. The standard InChI is InChI=1S/C6H3F4NO4S2/c7-1-3(9)6(17(11,14)15)4(10)2(8)5(1)16(12)13/h(H,12,13)(H2,11,14,15)/p-1. The Morgan fingerprint density at radius 3 is 1.59 bits per heavy atom. The van der Waals surface area contributed by atoms with Gasteiger partial charge < -0.3 is 4.55 Å². The van der Waals surface area contributed by atoms with Crippen LogP contribution in [0.15, 0.2) is 9.79 Å². The highest BCUT2D eigenvalue weighted by Crippen LogP contribution is 2.28. The molecule has 0 bridgehead atoms. The van der Waals surface area contributed by atoms with E-state index in [1.165, 1.54) is 0 Å². The Morgan fingerprint density at radius 1 is 1.00 bits per heavy atom. The molecule has 5 nitrogen and oxygen atoms in total. The molecule has 11 heteroatoms. The van der Waals surface area contributed by atoms with E-state index in [-0.39, 0.29) is 0 Å². The van der Waals surface area contributed by atoms with E-state index >= 15 is 0 Å². The Labute approximate surface area is 94.6 Å². The van der Waals surface area contributed by atoms with E-state index in [9.17, 15) is 34.7 Å². The minimum atomic E-state index is -5.08. The van der Waals surface area contributed by atoms with Gasteiger partial charge in [-0.1, -0.05) is 0 Å². The zero-order chi connectivity index (χ0) is 13.5. The molecule has 1 atom stereocenters. The Bertz CT molecular complexity index is 586. The van der Waals surface area contributed by atoms with Crippen LogP contribution < -0.4 is 5.14 Å². The summed E-state index contributed by atoms with van der Waals surface area (Å²) in [6.07, 6.45) is 0. The number of hydrogen-bond acceptors (Lipinski definition) is 4.